The molecule has 0 bridgehead atoms. The Labute approximate surface area is 188 Å². The zero-order chi connectivity index (χ0) is 24.0. The van der Waals surface area contributed by atoms with Crippen LogP contribution in [-0.2, 0) is 14.3 Å². The number of carboxylic acid groups (broad SMARTS) is 1. The van der Waals surface area contributed by atoms with E-state index in [2.05, 4.69) is 11.6 Å². The first-order valence-electron chi connectivity index (χ1n) is 10.5. The van der Waals surface area contributed by atoms with Crippen LogP contribution >= 0.6 is 0 Å². The molecule has 2 heterocycles. The van der Waals surface area contributed by atoms with Crippen molar-refractivity contribution in [2.45, 2.75) is 31.2 Å². The fourth-order valence-electron chi connectivity index (χ4n) is 4.13. The van der Waals surface area contributed by atoms with Gasteiger partial charge in [0.2, 0.25) is 0 Å². The summed E-state index contributed by atoms with van der Waals surface area (Å²) in [6.07, 6.45) is 0.453. The van der Waals surface area contributed by atoms with Crippen LogP contribution in [0.4, 0.5) is 13.2 Å². The Kier molecular flexibility index (Phi) is 8.04. The molecule has 2 aromatic rings. The normalized spacial score (nSPS) is 22.3. The van der Waals surface area contributed by atoms with E-state index in [9.17, 15) is 18.0 Å². The Bertz CT molecular complexity index is 997. The second-order valence-corrected chi connectivity index (χ2v) is 7.85. The molecule has 10 heteroatoms. The van der Waals surface area contributed by atoms with E-state index >= 15 is 0 Å². The van der Waals surface area contributed by atoms with Crippen molar-refractivity contribution in [2.75, 3.05) is 26.4 Å². The number of ether oxygens (including phenoxy) is 2. The van der Waals surface area contributed by atoms with Crippen molar-refractivity contribution in [1.29, 1.82) is 0 Å². The van der Waals surface area contributed by atoms with E-state index < -0.39 is 12.1 Å². The van der Waals surface area contributed by atoms with Crippen LogP contribution in [0.3, 0.4) is 0 Å². The molecule has 2 fully saturated rings. The van der Waals surface area contributed by atoms with Gasteiger partial charge >= 0.3 is 12.1 Å². The van der Waals surface area contributed by atoms with Crippen LogP contribution < -0.4 is 0 Å². The molecule has 3 atom stereocenters. The fourth-order valence-corrected chi connectivity index (χ4v) is 4.13. The first-order valence-corrected chi connectivity index (χ1v) is 10.5. The molecule has 0 spiro atoms. The Hall–Kier alpha value is -2.98. The number of aliphatic carboxylic acids is 1. The first-order chi connectivity index (χ1) is 15.7. The number of aromatic nitrogens is 1. The van der Waals surface area contributed by atoms with Crippen molar-refractivity contribution in [3.8, 4) is 0 Å². The summed E-state index contributed by atoms with van der Waals surface area (Å²) >= 11 is 0. The summed E-state index contributed by atoms with van der Waals surface area (Å²) in [5.41, 5.74) is 1.63. The predicted molar refractivity (Wildman–Crippen MR) is 114 cm³/mol. The Morgan fingerprint density at radius 3 is 2.76 bits per heavy atom. The summed E-state index contributed by atoms with van der Waals surface area (Å²) in [6, 6.07) is 9.76. The van der Waals surface area contributed by atoms with Gasteiger partial charge in [0, 0.05) is 30.3 Å². The van der Waals surface area contributed by atoms with Crippen molar-refractivity contribution in [2.24, 2.45) is 5.92 Å². The van der Waals surface area contributed by atoms with Crippen molar-refractivity contribution in [3.63, 3.8) is 0 Å². The highest BCUT2D eigenvalue weighted by Gasteiger charge is 2.43. The maximum absolute atomic E-state index is 13.2. The molecule has 7 nitrogen and oxygen atoms in total. The molecule has 3 unspecified atom stereocenters. The summed E-state index contributed by atoms with van der Waals surface area (Å²) in [5, 5.41) is 8.12. The number of pyridine rings is 1. The molecule has 1 aliphatic carbocycles. The zero-order valence-electron chi connectivity index (χ0n) is 17.8. The Morgan fingerprint density at radius 2 is 2.06 bits per heavy atom. The summed E-state index contributed by atoms with van der Waals surface area (Å²) in [5.74, 6) is -2.24. The largest absolute Gasteiger partial charge is 0.490 e. The predicted octanol–water partition coefficient (Wildman–Crippen LogP) is 3.69. The van der Waals surface area contributed by atoms with Crippen molar-refractivity contribution in [1.82, 2.24) is 9.88 Å². The average molecular weight is 466 g/mol. The van der Waals surface area contributed by atoms with Crippen LogP contribution in [0.25, 0.3) is 10.9 Å². The van der Waals surface area contributed by atoms with Crippen LogP contribution in [0.1, 0.15) is 23.2 Å². The lowest BCUT2D eigenvalue weighted by molar-refractivity contribution is -0.192. The maximum atomic E-state index is 13.2. The number of nitrogens with zero attached hydrogens (tertiary/aromatic N) is 2. The third kappa shape index (κ3) is 6.29. The number of morpholine rings is 1. The van der Waals surface area contributed by atoms with E-state index in [-0.39, 0.29) is 18.1 Å². The summed E-state index contributed by atoms with van der Waals surface area (Å²) in [6.45, 7) is 6.19. The van der Waals surface area contributed by atoms with Gasteiger partial charge in [0.05, 0.1) is 30.9 Å². The topological polar surface area (TPSA) is 89.0 Å². The van der Waals surface area contributed by atoms with Crippen molar-refractivity contribution in [3.05, 3.63) is 54.7 Å². The smallest absolute Gasteiger partial charge is 0.475 e. The fraction of sp³-hybridized carbons (Fsp3) is 0.435. The number of fused-ring (bicyclic) bond motifs is 2. The molecule has 4 rings (SSSR count). The van der Waals surface area contributed by atoms with Gasteiger partial charge < -0.3 is 19.5 Å². The standard InChI is InChI=1S/C21H24N2O3.C2HF3O2/c1-2-9-25-14-15-11-19-20(12-15)26-10-8-23(19)21(24)17-5-6-18-16(13-17)4-3-7-22-18;3-2(4,5)1(6)7/h2-7,13,15,19-20H,1,8-12,14H2;(H,6,7). The first kappa shape index (κ1) is 24.7. The number of carbonyl (C=O) groups excluding carboxylic acids is 1. The number of alkyl halides is 3. The number of hydrogen-bond acceptors (Lipinski definition) is 5. The molecular formula is C23H25F3N2O5. The molecule has 1 N–H and O–H groups in total. The number of carboxylic acids is 1. The molecule has 1 saturated carbocycles. The lowest BCUT2D eigenvalue weighted by atomic mass is 10.1. The monoisotopic (exact) mass is 466 g/mol. The molecule has 1 aromatic carbocycles. The molecule has 1 saturated heterocycles. The SMILES string of the molecule is C=CCOCC1CC2OCCN(C(=O)c3ccc4ncccc4c3)C2C1.O=C(O)C(F)(F)F. The van der Waals surface area contributed by atoms with Gasteiger partial charge in [-0.05, 0) is 43.0 Å². The number of rotatable bonds is 5. The third-order valence-corrected chi connectivity index (χ3v) is 5.58. The minimum Gasteiger partial charge on any atom is -0.475 e. The van der Waals surface area contributed by atoms with Crippen molar-refractivity contribution >= 4 is 22.8 Å². The lowest BCUT2D eigenvalue weighted by Crippen LogP contribution is -2.51. The van der Waals surface area contributed by atoms with Crippen LogP contribution in [-0.4, -0.2) is 71.6 Å². The van der Waals surface area contributed by atoms with Crippen LogP contribution in [0.2, 0.25) is 0 Å². The van der Waals surface area contributed by atoms with Gasteiger partial charge in [0.25, 0.3) is 5.91 Å². The number of amides is 1. The molecular weight excluding hydrogens is 441 g/mol. The zero-order valence-corrected chi connectivity index (χ0v) is 17.8. The van der Waals surface area contributed by atoms with Crippen LogP contribution in [0, 0.1) is 5.92 Å². The van der Waals surface area contributed by atoms with Gasteiger partial charge in [0.15, 0.2) is 0 Å². The lowest BCUT2D eigenvalue weighted by Gasteiger charge is -2.37. The van der Waals surface area contributed by atoms with E-state index in [0.29, 0.717) is 32.3 Å². The molecule has 0 radical (unpaired) electrons. The molecule has 1 aromatic heterocycles. The van der Waals surface area contributed by atoms with E-state index in [1.165, 1.54) is 0 Å². The van der Waals surface area contributed by atoms with E-state index in [0.717, 1.165) is 29.3 Å². The number of hydrogen-bond donors (Lipinski definition) is 1. The quantitative estimate of drug-likeness (QED) is 0.534. The van der Waals surface area contributed by atoms with Crippen LogP contribution in [0.15, 0.2) is 49.2 Å². The number of benzene rings is 1. The minimum absolute atomic E-state index is 0.0849. The van der Waals surface area contributed by atoms with Crippen LogP contribution in [0.5, 0.6) is 0 Å². The van der Waals surface area contributed by atoms with Gasteiger partial charge in [-0.1, -0.05) is 12.1 Å². The highest BCUT2D eigenvalue weighted by Crippen LogP contribution is 2.35. The van der Waals surface area contributed by atoms with Gasteiger partial charge in [-0.15, -0.1) is 6.58 Å². The molecule has 1 aliphatic heterocycles. The minimum atomic E-state index is -5.08. The molecule has 33 heavy (non-hydrogen) atoms. The highest BCUT2D eigenvalue weighted by molar-refractivity contribution is 5.98. The van der Waals surface area contributed by atoms with Gasteiger partial charge in [-0.3, -0.25) is 9.78 Å². The van der Waals surface area contributed by atoms with Gasteiger partial charge in [-0.2, -0.15) is 13.2 Å². The number of halogens is 3. The van der Waals surface area contributed by atoms with Gasteiger partial charge in [-0.25, -0.2) is 4.79 Å². The Balaban J connectivity index is 0.000000383. The molecule has 2 aliphatic rings. The number of carbonyl (C=O) groups is 2. The van der Waals surface area contributed by atoms with E-state index in [1.54, 1.807) is 12.3 Å². The molecule has 178 valence electrons. The van der Waals surface area contributed by atoms with Gasteiger partial charge in [0.1, 0.15) is 0 Å². The average Bonchev–Trinajstić information content (AvgIpc) is 3.21. The van der Waals surface area contributed by atoms with Crippen molar-refractivity contribution < 1.29 is 37.3 Å². The highest BCUT2D eigenvalue weighted by atomic mass is 19.4. The third-order valence-electron chi connectivity index (χ3n) is 5.58. The summed E-state index contributed by atoms with van der Waals surface area (Å²) in [4.78, 5) is 28.4. The second-order valence-electron chi connectivity index (χ2n) is 7.85. The summed E-state index contributed by atoms with van der Waals surface area (Å²) < 4.78 is 43.3. The maximum Gasteiger partial charge on any atom is 0.490 e. The second kappa shape index (κ2) is 10.8. The van der Waals surface area contributed by atoms with E-state index in [4.69, 9.17) is 19.4 Å². The molecule has 1 amide bonds. The van der Waals surface area contributed by atoms with E-state index in [1.807, 2.05) is 35.2 Å². The summed E-state index contributed by atoms with van der Waals surface area (Å²) in [7, 11) is 0. The Morgan fingerprint density at radius 1 is 1.30 bits per heavy atom.